The van der Waals surface area contributed by atoms with Crippen molar-refractivity contribution in [1.82, 2.24) is 5.32 Å². The number of carbonyl (C=O) groups is 2. The molecule has 68 heavy (non-hydrogen) atoms. The molecule has 0 aromatic rings. The van der Waals surface area contributed by atoms with Crippen molar-refractivity contribution in [2.24, 2.45) is 0 Å². The van der Waals surface area contributed by atoms with Crippen LogP contribution in [-0.4, -0.2) is 47.4 Å². The number of hydrogen-bond donors (Lipinski definition) is 3. The molecule has 0 spiro atoms. The minimum Gasteiger partial charge on any atom is -0.466 e. The van der Waals surface area contributed by atoms with Crippen molar-refractivity contribution in [3.63, 3.8) is 0 Å². The number of aliphatic hydroxyl groups is 2. The lowest BCUT2D eigenvalue weighted by Crippen LogP contribution is -2.45. The van der Waals surface area contributed by atoms with Gasteiger partial charge in [0.15, 0.2) is 0 Å². The summed E-state index contributed by atoms with van der Waals surface area (Å²) in [4.78, 5) is 24.6. The first-order chi connectivity index (χ1) is 33.5. The lowest BCUT2D eigenvalue weighted by molar-refractivity contribution is -0.143. The minimum absolute atomic E-state index is 0.00957. The highest BCUT2D eigenvalue weighted by Gasteiger charge is 2.20. The topological polar surface area (TPSA) is 95.9 Å². The van der Waals surface area contributed by atoms with Gasteiger partial charge in [-0.1, -0.05) is 289 Å². The van der Waals surface area contributed by atoms with Crippen molar-refractivity contribution >= 4 is 11.9 Å². The quantitative estimate of drug-likeness (QED) is 0.0321. The van der Waals surface area contributed by atoms with Crippen molar-refractivity contribution < 1.29 is 24.5 Å². The molecule has 0 aliphatic carbocycles. The third-order valence-electron chi connectivity index (χ3n) is 14.3. The minimum atomic E-state index is -0.670. The van der Waals surface area contributed by atoms with Crippen LogP contribution in [0.15, 0.2) is 24.3 Å². The molecular weight excluding hydrogens is 839 g/mol. The van der Waals surface area contributed by atoms with E-state index in [1.165, 1.54) is 244 Å². The Morgan fingerprint density at radius 3 is 1.13 bits per heavy atom. The molecule has 0 aliphatic rings. The fourth-order valence-electron chi connectivity index (χ4n) is 9.55. The van der Waals surface area contributed by atoms with Gasteiger partial charge in [0.05, 0.1) is 25.4 Å². The highest BCUT2D eigenvalue weighted by molar-refractivity contribution is 5.76. The fourth-order valence-corrected chi connectivity index (χ4v) is 9.55. The molecule has 0 aliphatic heterocycles. The van der Waals surface area contributed by atoms with Gasteiger partial charge in [0.2, 0.25) is 5.91 Å². The van der Waals surface area contributed by atoms with Crippen molar-refractivity contribution in [2.75, 3.05) is 13.2 Å². The molecule has 0 heterocycles. The highest BCUT2D eigenvalue weighted by Crippen LogP contribution is 2.18. The molecule has 0 saturated carbocycles. The van der Waals surface area contributed by atoms with Crippen LogP contribution < -0.4 is 5.32 Å². The first kappa shape index (κ1) is 66.3. The van der Waals surface area contributed by atoms with Gasteiger partial charge in [-0.3, -0.25) is 9.59 Å². The summed E-state index contributed by atoms with van der Waals surface area (Å²) in [7, 11) is 0. The molecular formula is C62H119NO5. The molecule has 0 radical (unpaired) electrons. The largest absolute Gasteiger partial charge is 0.466 e. The van der Waals surface area contributed by atoms with Gasteiger partial charge in [0.1, 0.15) is 0 Å². The summed E-state index contributed by atoms with van der Waals surface area (Å²) in [6.45, 7) is 4.94. The van der Waals surface area contributed by atoms with Gasteiger partial charge >= 0.3 is 5.97 Å². The van der Waals surface area contributed by atoms with Gasteiger partial charge < -0.3 is 20.3 Å². The third kappa shape index (κ3) is 53.7. The predicted molar refractivity (Wildman–Crippen MR) is 296 cm³/mol. The van der Waals surface area contributed by atoms with Crippen LogP contribution in [0.25, 0.3) is 0 Å². The molecule has 0 saturated heterocycles. The molecule has 0 bridgehead atoms. The maximum atomic E-state index is 12.5. The normalized spacial score (nSPS) is 12.7. The number of aliphatic hydroxyl groups excluding tert-OH is 2. The molecule has 2 atom stereocenters. The summed E-state index contributed by atoms with van der Waals surface area (Å²) in [5.41, 5.74) is 0. The summed E-state index contributed by atoms with van der Waals surface area (Å²) in [6.07, 6.45) is 70.3. The first-order valence-electron chi connectivity index (χ1n) is 30.6. The van der Waals surface area contributed by atoms with Crippen LogP contribution in [0, 0.1) is 0 Å². The van der Waals surface area contributed by atoms with Crippen LogP contribution in [0.3, 0.4) is 0 Å². The Hall–Kier alpha value is -1.66. The van der Waals surface area contributed by atoms with Crippen molar-refractivity contribution in [2.45, 2.75) is 347 Å². The SMILES string of the molecule is CCCCCC/C=C\C/C=C\CCCCCCCC(=O)OCCCCCCCCCCCCCCCCCCC(=O)NC(CO)C(O)CCCCCCCCCCCCCCCCCCCCC. The Kier molecular flexibility index (Phi) is 56.5. The zero-order chi connectivity index (χ0) is 49.3. The van der Waals surface area contributed by atoms with E-state index in [1.54, 1.807) is 0 Å². The summed E-state index contributed by atoms with van der Waals surface area (Å²) in [6, 6.07) is -0.548. The second-order valence-electron chi connectivity index (χ2n) is 21.0. The monoisotopic (exact) mass is 958 g/mol. The second-order valence-corrected chi connectivity index (χ2v) is 21.0. The summed E-state index contributed by atoms with van der Waals surface area (Å²) in [5, 5.41) is 23.3. The molecule has 6 heteroatoms. The van der Waals surface area contributed by atoms with Crippen LogP contribution in [0.2, 0.25) is 0 Å². The summed E-state index contributed by atoms with van der Waals surface area (Å²) >= 11 is 0. The second kappa shape index (κ2) is 57.9. The molecule has 2 unspecified atom stereocenters. The summed E-state index contributed by atoms with van der Waals surface area (Å²) < 4.78 is 5.48. The standard InChI is InChI=1S/C62H119NO5/c1-3-5-7-9-11-13-15-17-19-21-22-23-26-30-34-38-42-46-50-54-60(65)59(58-64)63-61(66)55-51-47-43-39-35-31-27-24-25-29-33-37-41-45-49-53-57-68-62(67)56-52-48-44-40-36-32-28-20-18-16-14-12-10-8-6-4-2/h14,16,20,28,59-60,64-65H,3-13,15,17-19,21-27,29-58H2,1-2H3,(H,63,66)/b16-14-,28-20-. The molecule has 0 aromatic heterocycles. The van der Waals surface area contributed by atoms with Crippen LogP contribution >= 0.6 is 0 Å². The number of carbonyl (C=O) groups excluding carboxylic acids is 2. The average Bonchev–Trinajstić information content (AvgIpc) is 3.34. The summed E-state index contributed by atoms with van der Waals surface area (Å²) in [5.74, 6) is -0.0489. The van der Waals surface area contributed by atoms with Gasteiger partial charge in [-0.05, 0) is 57.8 Å². The van der Waals surface area contributed by atoms with Crippen LogP contribution in [0.1, 0.15) is 335 Å². The van der Waals surface area contributed by atoms with Gasteiger partial charge in [-0.25, -0.2) is 0 Å². The van der Waals surface area contributed by atoms with Gasteiger partial charge in [0.25, 0.3) is 0 Å². The highest BCUT2D eigenvalue weighted by atomic mass is 16.5. The van der Waals surface area contributed by atoms with E-state index in [1.807, 2.05) is 0 Å². The Morgan fingerprint density at radius 1 is 0.412 bits per heavy atom. The maximum Gasteiger partial charge on any atom is 0.305 e. The molecule has 1 amide bonds. The Bertz CT molecular complexity index is 1060. The molecule has 0 rings (SSSR count). The fraction of sp³-hybridized carbons (Fsp3) is 0.903. The van der Waals surface area contributed by atoms with E-state index in [9.17, 15) is 19.8 Å². The molecule has 0 fully saturated rings. The zero-order valence-corrected chi connectivity index (χ0v) is 45.9. The number of amides is 1. The number of nitrogens with one attached hydrogen (secondary N) is 1. The molecule has 402 valence electrons. The van der Waals surface area contributed by atoms with Crippen LogP contribution in [-0.2, 0) is 14.3 Å². The van der Waals surface area contributed by atoms with Crippen molar-refractivity contribution in [1.29, 1.82) is 0 Å². The Balaban J connectivity index is 3.43. The van der Waals surface area contributed by atoms with E-state index < -0.39 is 12.1 Å². The van der Waals surface area contributed by atoms with E-state index in [2.05, 4.69) is 43.5 Å². The molecule has 6 nitrogen and oxygen atoms in total. The lowest BCUT2D eigenvalue weighted by atomic mass is 10.0. The van der Waals surface area contributed by atoms with Crippen molar-refractivity contribution in [3.05, 3.63) is 24.3 Å². The lowest BCUT2D eigenvalue weighted by Gasteiger charge is -2.22. The van der Waals surface area contributed by atoms with E-state index in [-0.39, 0.29) is 18.5 Å². The van der Waals surface area contributed by atoms with Gasteiger partial charge in [0, 0.05) is 12.8 Å². The molecule has 0 aromatic carbocycles. The maximum absolute atomic E-state index is 12.5. The Morgan fingerprint density at radius 2 is 0.735 bits per heavy atom. The van der Waals surface area contributed by atoms with Crippen molar-refractivity contribution in [3.8, 4) is 0 Å². The number of ether oxygens (including phenoxy) is 1. The van der Waals surface area contributed by atoms with Crippen LogP contribution in [0.4, 0.5) is 0 Å². The first-order valence-corrected chi connectivity index (χ1v) is 30.6. The smallest absolute Gasteiger partial charge is 0.305 e. The average molecular weight is 959 g/mol. The number of allylic oxidation sites excluding steroid dienone is 4. The number of esters is 1. The number of rotatable bonds is 57. The van der Waals surface area contributed by atoms with E-state index in [0.29, 0.717) is 25.9 Å². The zero-order valence-electron chi connectivity index (χ0n) is 45.9. The molecule has 3 N–H and O–H groups in total. The third-order valence-corrected chi connectivity index (χ3v) is 14.3. The Labute approximate surface area is 424 Å². The van der Waals surface area contributed by atoms with Gasteiger partial charge in [-0.15, -0.1) is 0 Å². The van der Waals surface area contributed by atoms with E-state index >= 15 is 0 Å². The van der Waals surface area contributed by atoms with E-state index in [0.717, 1.165) is 57.8 Å². The number of hydrogen-bond acceptors (Lipinski definition) is 5. The van der Waals surface area contributed by atoms with Gasteiger partial charge in [-0.2, -0.15) is 0 Å². The van der Waals surface area contributed by atoms with Crippen LogP contribution in [0.5, 0.6) is 0 Å². The number of unbranched alkanes of at least 4 members (excludes halogenated alkanes) is 42. The predicted octanol–water partition coefficient (Wildman–Crippen LogP) is 19.0. The van der Waals surface area contributed by atoms with E-state index in [4.69, 9.17) is 4.74 Å².